The summed E-state index contributed by atoms with van der Waals surface area (Å²) in [6.45, 7) is 4.21. The van der Waals surface area contributed by atoms with Gasteiger partial charge in [0.25, 0.3) is 0 Å². The topological polar surface area (TPSA) is 31.4 Å². The first kappa shape index (κ1) is 12.7. The second kappa shape index (κ2) is 4.37. The third-order valence-electron chi connectivity index (χ3n) is 3.52. The fourth-order valence-electron chi connectivity index (χ4n) is 2.45. The van der Waals surface area contributed by atoms with Crippen LogP contribution in [-0.2, 0) is 6.42 Å². The molecule has 0 saturated carbocycles. The summed E-state index contributed by atoms with van der Waals surface area (Å²) in [6, 6.07) is 7.99. The van der Waals surface area contributed by atoms with Gasteiger partial charge in [0, 0.05) is 11.8 Å². The van der Waals surface area contributed by atoms with Crippen LogP contribution in [0.1, 0.15) is 19.4 Å². The van der Waals surface area contributed by atoms with Crippen LogP contribution < -0.4 is 9.47 Å². The highest BCUT2D eigenvalue weighted by atomic mass is 79.9. The molecule has 19 heavy (non-hydrogen) atoms. The van der Waals surface area contributed by atoms with Gasteiger partial charge in [-0.25, -0.2) is 4.98 Å². The average Bonchev–Trinajstić information content (AvgIpc) is 2.79. The van der Waals surface area contributed by atoms with Crippen molar-refractivity contribution in [2.75, 3.05) is 7.11 Å². The molecule has 4 heteroatoms. The Morgan fingerprint density at radius 3 is 2.79 bits per heavy atom. The van der Waals surface area contributed by atoms with Gasteiger partial charge >= 0.3 is 0 Å². The van der Waals surface area contributed by atoms with Crippen LogP contribution in [0.15, 0.2) is 24.3 Å². The Morgan fingerprint density at radius 2 is 2.11 bits per heavy atom. The number of hydrogen-bond donors (Lipinski definition) is 0. The van der Waals surface area contributed by atoms with E-state index in [2.05, 4.69) is 34.8 Å². The lowest BCUT2D eigenvalue weighted by Gasteiger charge is -2.23. The van der Waals surface area contributed by atoms with E-state index in [9.17, 15) is 0 Å². The molecule has 1 aromatic carbocycles. The minimum Gasteiger partial charge on any atom is -0.496 e. The first-order valence-electron chi connectivity index (χ1n) is 6.32. The molecule has 100 valence electrons. The van der Waals surface area contributed by atoms with Gasteiger partial charge in [0.2, 0.25) is 5.88 Å². The predicted octanol–water partition coefficient (Wildman–Crippen LogP) is 3.72. The maximum absolute atomic E-state index is 5.98. The van der Waals surface area contributed by atoms with Crippen LogP contribution in [0.5, 0.6) is 11.6 Å². The third kappa shape index (κ3) is 2.08. The summed E-state index contributed by atoms with van der Waals surface area (Å²) in [4.78, 5) is 4.61. The molecular weight excluding hydrogens is 306 g/mol. The Balaban J connectivity index is 2.17. The monoisotopic (exact) mass is 321 g/mol. The molecule has 2 heterocycles. The van der Waals surface area contributed by atoms with Crippen LogP contribution in [0.2, 0.25) is 0 Å². The molecule has 0 amide bonds. The Hall–Kier alpha value is -1.29. The predicted molar refractivity (Wildman–Crippen MR) is 79.4 cm³/mol. The van der Waals surface area contributed by atoms with Crippen molar-refractivity contribution in [3.8, 4) is 11.6 Å². The molecule has 0 bridgehead atoms. The molecule has 1 aliphatic heterocycles. The Labute approximate surface area is 121 Å². The zero-order valence-electron chi connectivity index (χ0n) is 11.2. The molecule has 0 radical (unpaired) electrons. The minimum atomic E-state index is -0.0924. The van der Waals surface area contributed by atoms with E-state index in [0.29, 0.717) is 5.88 Å². The molecule has 2 aromatic rings. The lowest BCUT2D eigenvalue weighted by atomic mass is 10.0. The number of nitrogens with zero attached hydrogens (tertiary/aromatic N) is 1. The summed E-state index contributed by atoms with van der Waals surface area (Å²) in [5.41, 5.74) is 1.98. The molecule has 0 spiro atoms. The van der Waals surface area contributed by atoms with Crippen molar-refractivity contribution >= 4 is 26.8 Å². The Bertz CT molecular complexity index is 634. The van der Waals surface area contributed by atoms with Gasteiger partial charge in [-0.1, -0.05) is 28.1 Å². The molecule has 0 N–H and O–H groups in total. The van der Waals surface area contributed by atoms with Crippen LogP contribution in [0.4, 0.5) is 0 Å². The second-order valence-corrected chi connectivity index (χ2v) is 7.36. The van der Waals surface area contributed by atoms with E-state index in [-0.39, 0.29) is 10.4 Å². The zero-order chi connectivity index (χ0) is 13.6. The lowest BCUT2D eigenvalue weighted by Crippen LogP contribution is -2.33. The number of rotatable bonds is 2. The maximum Gasteiger partial charge on any atom is 0.221 e. The number of hydrogen-bond acceptors (Lipinski definition) is 3. The van der Waals surface area contributed by atoms with E-state index < -0.39 is 0 Å². The molecule has 0 saturated heterocycles. The van der Waals surface area contributed by atoms with E-state index in [1.807, 2.05) is 24.3 Å². The maximum atomic E-state index is 5.98. The van der Waals surface area contributed by atoms with Gasteiger partial charge in [0.1, 0.15) is 11.9 Å². The summed E-state index contributed by atoms with van der Waals surface area (Å²) < 4.78 is 11.5. The van der Waals surface area contributed by atoms with Crippen molar-refractivity contribution in [1.29, 1.82) is 0 Å². The van der Waals surface area contributed by atoms with Crippen LogP contribution in [0, 0.1) is 0 Å². The second-order valence-electron chi connectivity index (χ2n) is 5.32. The van der Waals surface area contributed by atoms with Gasteiger partial charge < -0.3 is 9.47 Å². The number of halogens is 1. The number of aromatic nitrogens is 1. The number of benzene rings is 1. The van der Waals surface area contributed by atoms with Crippen LogP contribution >= 0.6 is 15.9 Å². The van der Waals surface area contributed by atoms with Gasteiger partial charge in [-0.15, -0.1) is 0 Å². The minimum absolute atomic E-state index is 0.0701. The van der Waals surface area contributed by atoms with Crippen LogP contribution in [0.25, 0.3) is 10.9 Å². The van der Waals surface area contributed by atoms with E-state index in [1.54, 1.807) is 7.11 Å². The van der Waals surface area contributed by atoms with E-state index in [1.165, 1.54) is 0 Å². The molecular formula is C15H16BrNO2. The molecule has 1 unspecified atom stereocenters. The first-order valence-corrected chi connectivity index (χ1v) is 7.11. The van der Waals surface area contributed by atoms with Crippen molar-refractivity contribution in [2.45, 2.75) is 30.7 Å². The molecule has 3 nitrogen and oxygen atoms in total. The van der Waals surface area contributed by atoms with Gasteiger partial charge in [0.05, 0.1) is 22.5 Å². The number of para-hydroxylation sites is 1. The molecule has 0 fully saturated rings. The number of pyridine rings is 1. The van der Waals surface area contributed by atoms with Crippen LogP contribution in [-0.4, -0.2) is 22.5 Å². The standard InChI is InChI=1S/C15H16BrNO2/c1-15(2,16)12-8-10-13(18-3)9-6-4-5-7-11(9)17-14(10)19-12/h4-7,12H,8H2,1-3H3. The van der Waals surface area contributed by atoms with E-state index >= 15 is 0 Å². The summed E-state index contributed by atoms with van der Waals surface area (Å²) >= 11 is 3.67. The summed E-state index contributed by atoms with van der Waals surface area (Å²) in [7, 11) is 1.70. The molecule has 1 atom stereocenters. The summed E-state index contributed by atoms with van der Waals surface area (Å²) in [5.74, 6) is 1.59. The fourth-order valence-corrected chi connectivity index (χ4v) is 2.71. The highest BCUT2D eigenvalue weighted by Crippen LogP contribution is 2.42. The van der Waals surface area contributed by atoms with Gasteiger partial charge in [-0.2, -0.15) is 0 Å². The highest BCUT2D eigenvalue weighted by molar-refractivity contribution is 9.10. The average molecular weight is 322 g/mol. The van der Waals surface area contributed by atoms with Crippen molar-refractivity contribution in [3.05, 3.63) is 29.8 Å². The summed E-state index contributed by atoms with van der Waals surface area (Å²) in [6.07, 6.45) is 0.884. The fraction of sp³-hybridized carbons (Fsp3) is 0.400. The normalized spacial score (nSPS) is 18.2. The third-order valence-corrected chi connectivity index (χ3v) is 4.03. The van der Waals surface area contributed by atoms with Gasteiger partial charge in [-0.3, -0.25) is 0 Å². The van der Waals surface area contributed by atoms with Crippen molar-refractivity contribution in [1.82, 2.24) is 4.98 Å². The van der Waals surface area contributed by atoms with Crippen molar-refractivity contribution in [2.24, 2.45) is 0 Å². The molecule has 1 aliphatic rings. The largest absolute Gasteiger partial charge is 0.496 e. The van der Waals surface area contributed by atoms with E-state index in [4.69, 9.17) is 9.47 Å². The van der Waals surface area contributed by atoms with E-state index in [0.717, 1.165) is 28.6 Å². The smallest absolute Gasteiger partial charge is 0.221 e. The SMILES string of the molecule is COc1c2c(nc3ccccc13)OC(C(C)(C)Br)C2. The number of methoxy groups -OCH3 is 1. The Kier molecular flexibility index (Phi) is 2.93. The van der Waals surface area contributed by atoms with Crippen LogP contribution in [0.3, 0.4) is 0 Å². The summed E-state index contributed by atoms with van der Waals surface area (Å²) in [5, 5.41) is 1.04. The number of fused-ring (bicyclic) bond motifs is 2. The van der Waals surface area contributed by atoms with Crippen molar-refractivity contribution < 1.29 is 9.47 Å². The quantitative estimate of drug-likeness (QED) is 0.790. The highest BCUT2D eigenvalue weighted by Gasteiger charge is 2.37. The Morgan fingerprint density at radius 1 is 1.37 bits per heavy atom. The molecule has 1 aromatic heterocycles. The molecule has 3 rings (SSSR count). The first-order chi connectivity index (χ1) is 9.00. The van der Waals surface area contributed by atoms with Crippen molar-refractivity contribution in [3.63, 3.8) is 0 Å². The lowest BCUT2D eigenvalue weighted by molar-refractivity contribution is 0.194. The number of alkyl halides is 1. The zero-order valence-corrected chi connectivity index (χ0v) is 12.8. The van der Waals surface area contributed by atoms with Gasteiger partial charge in [0.15, 0.2) is 0 Å². The van der Waals surface area contributed by atoms with Gasteiger partial charge in [-0.05, 0) is 26.0 Å². The molecule has 0 aliphatic carbocycles. The number of ether oxygens (including phenoxy) is 2.